The van der Waals surface area contributed by atoms with Crippen LogP contribution in [0.1, 0.15) is 25.5 Å². The molecule has 1 saturated heterocycles. The molecule has 2 nitrogen and oxygen atoms in total. The predicted molar refractivity (Wildman–Crippen MR) is 64.2 cm³/mol. The van der Waals surface area contributed by atoms with Crippen LogP contribution < -0.4 is 5.32 Å². The zero-order valence-corrected chi connectivity index (χ0v) is 10.3. The van der Waals surface area contributed by atoms with Crippen molar-refractivity contribution in [2.75, 3.05) is 6.54 Å². The number of halogens is 1. The minimum absolute atomic E-state index is 0.00673. The van der Waals surface area contributed by atoms with Gasteiger partial charge in [0, 0.05) is 28.6 Å². The Morgan fingerprint density at radius 2 is 2.19 bits per heavy atom. The van der Waals surface area contributed by atoms with E-state index in [0.29, 0.717) is 0 Å². The second-order valence-electron chi connectivity index (χ2n) is 4.29. The molecular weight excluding hydrogens is 225 g/mol. The van der Waals surface area contributed by atoms with Gasteiger partial charge in [-0.3, -0.25) is 4.21 Å². The molecule has 0 aromatic heterocycles. The van der Waals surface area contributed by atoms with Gasteiger partial charge in [0.1, 0.15) is 5.82 Å². The second kappa shape index (κ2) is 4.63. The summed E-state index contributed by atoms with van der Waals surface area (Å²) in [5, 5.41) is 3.52. The molecule has 0 saturated carbocycles. The highest BCUT2D eigenvalue weighted by atomic mass is 32.2. The van der Waals surface area contributed by atoms with Crippen LogP contribution in [0.15, 0.2) is 24.3 Å². The molecule has 1 aliphatic rings. The van der Waals surface area contributed by atoms with Gasteiger partial charge in [0.05, 0.1) is 5.25 Å². The molecule has 1 fully saturated rings. The normalized spacial score (nSPS) is 34.9. The molecule has 2 rings (SSSR count). The molecule has 4 unspecified atom stereocenters. The van der Waals surface area contributed by atoms with Gasteiger partial charge in [-0.15, -0.1) is 0 Å². The summed E-state index contributed by atoms with van der Waals surface area (Å²) >= 11 is 0. The molecule has 1 aromatic rings. The summed E-state index contributed by atoms with van der Waals surface area (Å²) in [6, 6.07) is 6.51. The maximum Gasteiger partial charge on any atom is 0.123 e. The predicted octanol–water partition coefficient (Wildman–Crippen LogP) is 2.00. The number of rotatable bonds is 1. The second-order valence-corrected chi connectivity index (χ2v) is 6.49. The summed E-state index contributed by atoms with van der Waals surface area (Å²) in [6.45, 7) is 4.65. The van der Waals surface area contributed by atoms with Crippen molar-refractivity contribution in [3.8, 4) is 0 Å². The third kappa shape index (κ3) is 2.18. The molecule has 88 valence electrons. The minimum atomic E-state index is -0.852. The highest BCUT2D eigenvalue weighted by Crippen LogP contribution is 2.26. The third-order valence-electron chi connectivity index (χ3n) is 3.07. The van der Waals surface area contributed by atoms with Gasteiger partial charge in [0.2, 0.25) is 0 Å². The summed E-state index contributed by atoms with van der Waals surface area (Å²) in [4.78, 5) is 0. The van der Waals surface area contributed by atoms with Crippen molar-refractivity contribution in [3.05, 3.63) is 35.6 Å². The number of hydrogen-bond donors (Lipinski definition) is 1. The van der Waals surface area contributed by atoms with Crippen LogP contribution in [0.3, 0.4) is 0 Å². The van der Waals surface area contributed by atoms with Gasteiger partial charge in [-0.05, 0) is 31.5 Å². The quantitative estimate of drug-likeness (QED) is 0.814. The van der Waals surface area contributed by atoms with Crippen molar-refractivity contribution in [1.29, 1.82) is 0 Å². The van der Waals surface area contributed by atoms with Crippen LogP contribution >= 0.6 is 0 Å². The van der Waals surface area contributed by atoms with Gasteiger partial charge in [0.25, 0.3) is 0 Å². The average molecular weight is 241 g/mol. The van der Waals surface area contributed by atoms with E-state index in [-0.39, 0.29) is 22.4 Å². The zero-order valence-electron chi connectivity index (χ0n) is 9.44. The van der Waals surface area contributed by atoms with Crippen LogP contribution in [0.5, 0.6) is 0 Å². The average Bonchev–Trinajstić information content (AvgIpc) is 2.26. The standard InChI is InChI=1S/C12H16FNOS/c1-8-7-14-12(9(2)16(8)15)10-4-3-5-11(13)6-10/h3-6,8-9,12,14H,7H2,1-2H3. The monoisotopic (exact) mass is 241 g/mol. The maximum absolute atomic E-state index is 13.1. The molecule has 4 atom stereocenters. The van der Waals surface area contributed by atoms with Crippen molar-refractivity contribution in [1.82, 2.24) is 5.32 Å². The Bertz CT molecular complexity index is 410. The third-order valence-corrected chi connectivity index (χ3v) is 5.03. The Balaban J connectivity index is 2.25. The van der Waals surface area contributed by atoms with Crippen molar-refractivity contribution >= 4 is 10.8 Å². The fraction of sp³-hybridized carbons (Fsp3) is 0.500. The molecule has 0 radical (unpaired) electrons. The molecule has 0 bridgehead atoms. The molecule has 0 spiro atoms. The highest BCUT2D eigenvalue weighted by molar-refractivity contribution is 7.86. The van der Waals surface area contributed by atoms with Crippen LogP contribution in [-0.4, -0.2) is 21.3 Å². The van der Waals surface area contributed by atoms with Crippen LogP contribution in [0, 0.1) is 5.82 Å². The fourth-order valence-corrected chi connectivity index (χ4v) is 3.65. The first kappa shape index (κ1) is 11.7. The van der Waals surface area contributed by atoms with E-state index in [1.54, 1.807) is 6.07 Å². The minimum Gasteiger partial charge on any atom is -0.308 e. The lowest BCUT2D eigenvalue weighted by molar-refractivity contribution is 0.486. The first-order valence-corrected chi connectivity index (χ1v) is 6.75. The van der Waals surface area contributed by atoms with E-state index in [1.165, 1.54) is 12.1 Å². The Hall–Kier alpha value is -0.740. The van der Waals surface area contributed by atoms with Crippen molar-refractivity contribution in [3.63, 3.8) is 0 Å². The van der Waals surface area contributed by atoms with E-state index in [0.717, 1.165) is 12.1 Å². The number of nitrogens with one attached hydrogen (secondary N) is 1. The molecule has 0 amide bonds. The summed E-state index contributed by atoms with van der Waals surface area (Å²) in [7, 11) is -0.852. The molecule has 4 heteroatoms. The summed E-state index contributed by atoms with van der Waals surface area (Å²) in [5.74, 6) is -0.240. The van der Waals surface area contributed by atoms with Crippen LogP contribution in [0.4, 0.5) is 4.39 Å². The molecule has 1 aromatic carbocycles. The molecule has 0 aliphatic carbocycles. The molecule has 16 heavy (non-hydrogen) atoms. The Labute approximate surface area is 97.7 Å². The summed E-state index contributed by atoms with van der Waals surface area (Å²) in [6.07, 6.45) is 0. The van der Waals surface area contributed by atoms with E-state index in [2.05, 4.69) is 5.32 Å². The summed E-state index contributed by atoms with van der Waals surface area (Å²) in [5.41, 5.74) is 0.882. The van der Waals surface area contributed by atoms with Gasteiger partial charge >= 0.3 is 0 Å². The lowest BCUT2D eigenvalue weighted by Crippen LogP contribution is -2.46. The van der Waals surface area contributed by atoms with Gasteiger partial charge in [-0.1, -0.05) is 12.1 Å². The van der Waals surface area contributed by atoms with E-state index in [4.69, 9.17) is 0 Å². The maximum atomic E-state index is 13.1. The van der Waals surface area contributed by atoms with Crippen molar-refractivity contribution < 1.29 is 8.60 Å². The first-order valence-electron chi connectivity index (χ1n) is 5.48. The largest absolute Gasteiger partial charge is 0.308 e. The van der Waals surface area contributed by atoms with Gasteiger partial charge < -0.3 is 5.32 Å². The van der Waals surface area contributed by atoms with Crippen LogP contribution in [0.2, 0.25) is 0 Å². The SMILES string of the molecule is CC1CNC(c2cccc(F)c2)C(C)S1=O. The Morgan fingerprint density at radius 3 is 2.88 bits per heavy atom. The van der Waals surface area contributed by atoms with E-state index < -0.39 is 10.8 Å². The van der Waals surface area contributed by atoms with Gasteiger partial charge in [0.15, 0.2) is 0 Å². The van der Waals surface area contributed by atoms with E-state index in [1.807, 2.05) is 19.9 Å². The number of hydrogen-bond acceptors (Lipinski definition) is 2. The van der Waals surface area contributed by atoms with E-state index in [9.17, 15) is 8.60 Å². The number of benzene rings is 1. The highest BCUT2D eigenvalue weighted by Gasteiger charge is 2.32. The first-order chi connectivity index (χ1) is 7.59. The summed E-state index contributed by atoms with van der Waals surface area (Å²) < 4.78 is 25.1. The van der Waals surface area contributed by atoms with Crippen molar-refractivity contribution in [2.24, 2.45) is 0 Å². The Morgan fingerprint density at radius 1 is 1.44 bits per heavy atom. The molecule has 1 N–H and O–H groups in total. The topological polar surface area (TPSA) is 29.1 Å². The lowest BCUT2D eigenvalue weighted by atomic mass is 10.0. The lowest BCUT2D eigenvalue weighted by Gasteiger charge is -2.33. The van der Waals surface area contributed by atoms with Crippen molar-refractivity contribution in [2.45, 2.75) is 30.4 Å². The molecular formula is C12H16FNOS. The van der Waals surface area contributed by atoms with E-state index >= 15 is 0 Å². The fourth-order valence-electron chi connectivity index (χ4n) is 2.13. The van der Waals surface area contributed by atoms with Crippen LogP contribution in [0.25, 0.3) is 0 Å². The molecule has 1 heterocycles. The zero-order chi connectivity index (χ0) is 11.7. The Kier molecular flexibility index (Phi) is 3.40. The van der Waals surface area contributed by atoms with Crippen LogP contribution in [-0.2, 0) is 10.8 Å². The molecule has 1 aliphatic heterocycles. The smallest absolute Gasteiger partial charge is 0.123 e. The van der Waals surface area contributed by atoms with Gasteiger partial charge in [-0.25, -0.2) is 4.39 Å². The van der Waals surface area contributed by atoms with Gasteiger partial charge in [-0.2, -0.15) is 0 Å².